The lowest BCUT2D eigenvalue weighted by Gasteiger charge is -2.09. The van der Waals surface area contributed by atoms with E-state index in [1.165, 1.54) is 0 Å². The molecule has 0 aliphatic heterocycles. The van der Waals surface area contributed by atoms with Gasteiger partial charge in [-0.1, -0.05) is 6.58 Å². The molecular formula is C12H7F5O4. The van der Waals surface area contributed by atoms with Crippen molar-refractivity contribution in [3.63, 3.8) is 0 Å². The van der Waals surface area contributed by atoms with E-state index in [4.69, 9.17) is 5.11 Å². The molecule has 0 heterocycles. The van der Waals surface area contributed by atoms with Gasteiger partial charge in [0.05, 0.1) is 12.0 Å². The first-order valence-electron chi connectivity index (χ1n) is 5.23. The Morgan fingerprint density at radius 1 is 0.952 bits per heavy atom. The smallest absolute Gasteiger partial charge is 0.334 e. The van der Waals surface area contributed by atoms with Gasteiger partial charge >= 0.3 is 11.9 Å². The number of aliphatic carboxylic acids is 1. The highest BCUT2D eigenvalue weighted by atomic mass is 19.2. The molecule has 4 nitrogen and oxygen atoms in total. The zero-order valence-electron chi connectivity index (χ0n) is 10.2. The quantitative estimate of drug-likeness (QED) is 0.298. The molecule has 1 rings (SSSR count). The first-order valence-corrected chi connectivity index (χ1v) is 5.23. The van der Waals surface area contributed by atoms with Gasteiger partial charge in [0, 0.05) is 5.57 Å². The summed E-state index contributed by atoms with van der Waals surface area (Å²) >= 11 is 0. The topological polar surface area (TPSA) is 63.6 Å². The molecule has 0 amide bonds. The molecular weight excluding hydrogens is 303 g/mol. The molecule has 0 aliphatic carbocycles. The maximum absolute atomic E-state index is 13.2. The van der Waals surface area contributed by atoms with Crippen LogP contribution in [0.25, 0.3) is 0 Å². The van der Waals surface area contributed by atoms with Gasteiger partial charge in [0.25, 0.3) is 0 Å². The van der Waals surface area contributed by atoms with E-state index in [1.807, 2.05) is 0 Å². The first kappa shape index (κ1) is 16.6. The molecule has 9 heteroatoms. The number of rotatable bonds is 5. The number of hydrogen-bond donors (Lipinski definition) is 1. The van der Waals surface area contributed by atoms with Gasteiger partial charge in [0.15, 0.2) is 23.3 Å². The highest BCUT2D eigenvalue weighted by molar-refractivity contribution is 5.92. The molecule has 0 atom stereocenters. The zero-order valence-corrected chi connectivity index (χ0v) is 10.2. The summed E-state index contributed by atoms with van der Waals surface area (Å²) in [7, 11) is 0. The van der Waals surface area contributed by atoms with E-state index < -0.39 is 65.2 Å². The molecule has 0 fully saturated rings. The molecule has 21 heavy (non-hydrogen) atoms. The lowest BCUT2D eigenvalue weighted by atomic mass is 10.1. The Kier molecular flexibility index (Phi) is 5.01. The summed E-state index contributed by atoms with van der Waals surface area (Å²) in [4.78, 5) is 21.5. The highest BCUT2D eigenvalue weighted by Gasteiger charge is 2.26. The molecule has 1 N–H and O–H groups in total. The van der Waals surface area contributed by atoms with Crippen molar-refractivity contribution in [3.05, 3.63) is 46.8 Å². The van der Waals surface area contributed by atoms with Crippen LogP contribution in [0.15, 0.2) is 12.2 Å². The third-order valence-corrected chi connectivity index (χ3v) is 2.30. The maximum Gasteiger partial charge on any atom is 0.334 e. The van der Waals surface area contributed by atoms with E-state index in [9.17, 15) is 31.5 Å². The Morgan fingerprint density at radius 2 is 1.38 bits per heavy atom. The Balaban J connectivity index is 2.93. The van der Waals surface area contributed by atoms with Crippen molar-refractivity contribution < 1.29 is 41.4 Å². The van der Waals surface area contributed by atoms with Crippen LogP contribution in [-0.2, 0) is 20.9 Å². The van der Waals surface area contributed by atoms with Crippen LogP contribution in [0.1, 0.15) is 12.0 Å². The average Bonchev–Trinajstić information content (AvgIpc) is 2.42. The van der Waals surface area contributed by atoms with Gasteiger partial charge in [-0.15, -0.1) is 0 Å². The third kappa shape index (κ3) is 3.56. The van der Waals surface area contributed by atoms with E-state index in [0.717, 1.165) is 0 Å². The summed E-state index contributed by atoms with van der Waals surface area (Å²) in [6, 6.07) is 0. The van der Waals surface area contributed by atoms with Crippen LogP contribution in [0.5, 0.6) is 0 Å². The number of carbonyl (C=O) groups excluding carboxylic acids is 1. The van der Waals surface area contributed by atoms with Crippen molar-refractivity contribution in [1.82, 2.24) is 0 Å². The Bertz CT molecular complexity index is 598. The van der Waals surface area contributed by atoms with E-state index in [-0.39, 0.29) is 0 Å². The van der Waals surface area contributed by atoms with Gasteiger partial charge < -0.3 is 9.84 Å². The molecule has 0 unspecified atom stereocenters. The van der Waals surface area contributed by atoms with Gasteiger partial charge in [-0.2, -0.15) is 0 Å². The SMILES string of the molecule is C=C(CC(=O)O)C(=O)OCc1c(F)c(F)c(F)c(F)c1F. The van der Waals surface area contributed by atoms with Gasteiger partial charge in [-0.05, 0) is 0 Å². The Hall–Kier alpha value is -2.45. The maximum atomic E-state index is 13.2. The molecule has 0 saturated carbocycles. The van der Waals surface area contributed by atoms with E-state index in [1.54, 1.807) is 0 Å². The van der Waals surface area contributed by atoms with E-state index in [0.29, 0.717) is 0 Å². The summed E-state index contributed by atoms with van der Waals surface area (Å²) in [6.07, 6.45) is -0.796. The zero-order chi connectivity index (χ0) is 16.3. The fraction of sp³-hybridized carbons (Fsp3) is 0.167. The number of carbonyl (C=O) groups is 2. The lowest BCUT2D eigenvalue weighted by Crippen LogP contribution is -2.14. The first-order chi connectivity index (χ1) is 9.66. The summed E-state index contributed by atoms with van der Waals surface area (Å²) in [5, 5.41) is 8.38. The summed E-state index contributed by atoms with van der Waals surface area (Å²) < 4.78 is 69.2. The molecule has 114 valence electrons. The Morgan fingerprint density at radius 3 is 1.81 bits per heavy atom. The second-order valence-electron chi connectivity index (χ2n) is 3.80. The molecule has 0 aliphatic rings. The molecule has 0 aromatic heterocycles. The lowest BCUT2D eigenvalue weighted by molar-refractivity contribution is -0.143. The van der Waals surface area contributed by atoms with Gasteiger partial charge in [-0.3, -0.25) is 4.79 Å². The Labute approximate surface area is 114 Å². The number of ether oxygens (including phenoxy) is 1. The van der Waals surface area contributed by atoms with Crippen LogP contribution in [0.4, 0.5) is 22.0 Å². The molecule has 0 saturated heterocycles. The minimum absolute atomic E-state index is 0.550. The fourth-order valence-corrected chi connectivity index (χ4v) is 1.27. The minimum Gasteiger partial charge on any atom is -0.481 e. The van der Waals surface area contributed by atoms with Crippen LogP contribution in [0.3, 0.4) is 0 Å². The number of benzene rings is 1. The van der Waals surface area contributed by atoms with Crippen molar-refractivity contribution in [1.29, 1.82) is 0 Å². The number of halogens is 5. The second kappa shape index (κ2) is 6.33. The predicted octanol–water partition coefficient (Wildman–Crippen LogP) is 2.46. The van der Waals surface area contributed by atoms with Crippen LogP contribution in [-0.4, -0.2) is 17.0 Å². The largest absolute Gasteiger partial charge is 0.481 e. The third-order valence-electron chi connectivity index (χ3n) is 2.30. The number of esters is 1. The van der Waals surface area contributed by atoms with Crippen molar-refractivity contribution in [3.8, 4) is 0 Å². The van der Waals surface area contributed by atoms with E-state index >= 15 is 0 Å². The normalized spacial score (nSPS) is 10.3. The number of carboxylic acids is 1. The van der Waals surface area contributed by atoms with Crippen molar-refractivity contribution in [2.75, 3.05) is 0 Å². The summed E-state index contributed by atoms with van der Waals surface area (Å²) in [5.41, 5.74) is -1.89. The molecule has 1 aromatic rings. The van der Waals surface area contributed by atoms with Crippen LogP contribution in [0.2, 0.25) is 0 Å². The molecule has 0 radical (unpaired) electrons. The van der Waals surface area contributed by atoms with Crippen LogP contribution >= 0.6 is 0 Å². The minimum atomic E-state index is -2.34. The van der Waals surface area contributed by atoms with Crippen molar-refractivity contribution in [2.45, 2.75) is 13.0 Å². The van der Waals surface area contributed by atoms with E-state index in [2.05, 4.69) is 11.3 Å². The molecule has 1 aromatic carbocycles. The monoisotopic (exact) mass is 310 g/mol. The number of carboxylic acid groups (broad SMARTS) is 1. The standard InChI is InChI=1S/C12H7F5O4/c1-4(2-6(18)19)12(20)21-3-5-7(13)9(15)11(17)10(16)8(5)14/h1-3H2,(H,18,19). The van der Waals surface area contributed by atoms with Gasteiger partial charge in [0.1, 0.15) is 6.61 Å². The van der Waals surface area contributed by atoms with Crippen molar-refractivity contribution in [2.24, 2.45) is 0 Å². The molecule has 0 spiro atoms. The predicted molar refractivity (Wildman–Crippen MR) is 57.4 cm³/mol. The van der Waals surface area contributed by atoms with Gasteiger partial charge in [0.2, 0.25) is 5.82 Å². The van der Waals surface area contributed by atoms with Gasteiger partial charge in [-0.25, -0.2) is 26.7 Å². The highest BCUT2D eigenvalue weighted by Crippen LogP contribution is 2.23. The number of hydrogen-bond acceptors (Lipinski definition) is 3. The van der Waals surface area contributed by atoms with Crippen LogP contribution < -0.4 is 0 Å². The summed E-state index contributed by atoms with van der Waals surface area (Å²) in [5.74, 6) is -13.7. The second-order valence-corrected chi connectivity index (χ2v) is 3.80. The van der Waals surface area contributed by atoms with Crippen molar-refractivity contribution >= 4 is 11.9 Å². The van der Waals surface area contributed by atoms with Crippen LogP contribution in [0, 0.1) is 29.1 Å². The summed E-state index contributed by atoms with van der Waals surface area (Å²) in [6.45, 7) is 1.79. The molecule has 0 bridgehead atoms. The fourth-order valence-electron chi connectivity index (χ4n) is 1.27. The average molecular weight is 310 g/mol.